The van der Waals surface area contributed by atoms with Gasteiger partial charge in [0.15, 0.2) is 0 Å². The van der Waals surface area contributed by atoms with Gasteiger partial charge in [0, 0.05) is 12.4 Å². The molecule has 0 aliphatic heterocycles. The third-order valence-electron chi connectivity index (χ3n) is 2.35. The molecule has 0 amide bonds. The van der Waals surface area contributed by atoms with Gasteiger partial charge >= 0.3 is 0 Å². The molecule has 0 saturated carbocycles. The summed E-state index contributed by atoms with van der Waals surface area (Å²) in [6.45, 7) is 2.13. The first-order valence-corrected chi connectivity index (χ1v) is 5.34. The largest absolute Gasteiger partial charge is 0.261 e. The lowest BCUT2D eigenvalue weighted by Gasteiger charge is -2.00. The summed E-state index contributed by atoms with van der Waals surface area (Å²) in [5, 5.41) is 0. The van der Waals surface area contributed by atoms with Gasteiger partial charge in [-0.05, 0) is 29.7 Å². The van der Waals surface area contributed by atoms with Crippen LogP contribution in [0, 0.1) is 6.07 Å². The highest BCUT2D eigenvalue weighted by molar-refractivity contribution is 5.69. The van der Waals surface area contributed by atoms with Gasteiger partial charge in [-0.1, -0.05) is 31.2 Å². The second-order valence-corrected chi connectivity index (χ2v) is 3.42. The lowest BCUT2D eigenvalue weighted by atomic mass is 10.0. The molecule has 0 bridgehead atoms. The van der Waals surface area contributed by atoms with E-state index < -0.39 is 0 Å². The van der Waals surface area contributed by atoms with E-state index in [0.717, 1.165) is 12.1 Å². The van der Waals surface area contributed by atoms with Crippen molar-refractivity contribution in [3.8, 4) is 0 Å². The SMILES string of the molecule is CCc1[c]cccc1C=Cc1cnccn1. The maximum Gasteiger partial charge on any atom is 0.0813 e. The van der Waals surface area contributed by atoms with E-state index in [0.29, 0.717) is 0 Å². The van der Waals surface area contributed by atoms with Gasteiger partial charge in [-0.15, -0.1) is 0 Å². The van der Waals surface area contributed by atoms with E-state index in [1.54, 1.807) is 18.6 Å². The van der Waals surface area contributed by atoms with Gasteiger partial charge in [0.2, 0.25) is 0 Å². The minimum absolute atomic E-state index is 0.869. The van der Waals surface area contributed by atoms with Gasteiger partial charge in [-0.2, -0.15) is 0 Å². The van der Waals surface area contributed by atoms with Crippen LogP contribution in [0.3, 0.4) is 0 Å². The Morgan fingerprint density at radius 3 is 3.00 bits per heavy atom. The molecule has 0 N–H and O–H groups in total. The van der Waals surface area contributed by atoms with Crippen molar-refractivity contribution in [3.63, 3.8) is 0 Å². The van der Waals surface area contributed by atoms with E-state index in [1.165, 1.54) is 11.1 Å². The zero-order valence-corrected chi connectivity index (χ0v) is 9.22. The molecule has 0 saturated heterocycles. The highest BCUT2D eigenvalue weighted by Crippen LogP contribution is 2.12. The molecule has 0 aliphatic rings. The third kappa shape index (κ3) is 2.54. The molecule has 1 radical (unpaired) electrons. The lowest BCUT2D eigenvalue weighted by molar-refractivity contribution is 1.13. The Morgan fingerprint density at radius 1 is 1.31 bits per heavy atom. The smallest absolute Gasteiger partial charge is 0.0813 e. The first-order chi connectivity index (χ1) is 7.90. The average molecular weight is 209 g/mol. The van der Waals surface area contributed by atoms with E-state index in [2.05, 4.69) is 35.1 Å². The van der Waals surface area contributed by atoms with Gasteiger partial charge in [0.25, 0.3) is 0 Å². The highest BCUT2D eigenvalue weighted by Gasteiger charge is 1.95. The predicted octanol–water partition coefficient (Wildman–Crippen LogP) is 3.01. The monoisotopic (exact) mass is 209 g/mol. The maximum atomic E-state index is 4.19. The van der Waals surface area contributed by atoms with Crippen LogP contribution in [0.5, 0.6) is 0 Å². The molecule has 1 heterocycles. The van der Waals surface area contributed by atoms with Gasteiger partial charge in [-0.3, -0.25) is 9.97 Å². The fourth-order valence-electron chi connectivity index (χ4n) is 1.52. The number of benzene rings is 1. The molecule has 2 heteroatoms. The fraction of sp³-hybridized carbons (Fsp3) is 0.143. The van der Waals surface area contributed by atoms with Gasteiger partial charge < -0.3 is 0 Å². The average Bonchev–Trinajstić information content (AvgIpc) is 2.38. The molecule has 2 aromatic rings. The highest BCUT2D eigenvalue weighted by atomic mass is 14.7. The molecule has 0 aliphatic carbocycles. The van der Waals surface area contributed by atoms with Crippen molar-refractivity contribution in [2.24, 2.45) is 0 Å². The van der Waals surface area contributed by atoms with Gasteiger partial charge in [0.1, 0.15) is 0 Å². The van der Waals surface area contributed by atoms with Crippen molar-refractivity contribution in [2.75, 3.05) is 0 Å². The van der Waals surface area contributed by atoms with Crippen molar-refractivity contribution in [3.05, 3.63) is 59.7 Å². The van der Waals surface area contributed by atoms with Crippen molar-refractivity contribution >= 4 is 12.2 Å². The van der Waals surface area contributed by atoms with E-state index >= 15 is 0 Å². The Bertz CT molecular complexity index is 475. The van der Waals surface area contributed by atoms with Crippen molar-refractivity contribution in [2.45, 2.75) is 13.3 Å². The Morgan fingerprint density at radius 2 is 2.25 bits per heavy atom. The fourth-order valence-corrected chi connectivity index (χ4v) is 1.52. The van der Waals surface area contributed by atoms with Crippen molar-refractivity contribution < 1.29 is 0 Å². The van der Waals surface area contributed by atoms with E-state index in [-0.39, 0.29) is 0 Å². The maximum absolute atomic E-state index is 4.19. The molecular weight excluding hydrogens is 196 g/mol. The molecular formula is C14H13N2. The minimum atomic E-state index is 0.869. The molecule has 1 aromatic carbocycles. The van der Waals surface area contributed by atoms with Crippen LogP contribution in [-0.2, 0) is 6.42 Å². The molecule has 0 unspecified atom stereocenters. The van der Waals surface area contributed by atoms with Crippen LogP contribution < -0.4 is 0 Å². The number of nitrogens with zero attached hydrogens (tertiary/aromatic N) is 2. The summed E-state index contributed by atoms with van der Waals surface area (Å²) in [5.74, 6) is 0. The van der Waals surface area contributed by atoms with Crippen LogP contribution in [-0.4, -0.2) is 9.97 Å². The zero-order chi connectivity index (χ0) is 11.2. The number of aryl methyl sites for hydroxylation is 1. The topological polar surface area (TPSA) is 25.8 Å². The first kappa shape index (κ1) is 10.6. The van der Waals surface area contributed by atoms with E-state index in [4.69, 9.17) is 0 Å². The Kier molecular flexibility index (Phi) is 3.44. The quantitative estimate of drug-likeness (QED) is 0.776. The molecule has 79 valence electrons. The molecule has 2 rings (SSSR count). The summed E-state index contributed by atoms with van der Waals surface area (Å²) in [7, 11) is 0. The Balaban J connectivity index is 2.24. The third-order valence-corrected chi connectivity index (χ3v) is 2.35. The van der Waals surface area contributed by atoms with E-state index in [1.807, 2.05) is 18.2 Å². The summed E-state index contributed by atoms with van der Waals surface area (Å²) < 4.78 is 0. The lowest BCUT2D eigenvalue weighted by Crippen LogP contribution is -1.86. The van der Waals surface area contributed by atoms with Crippen molar-refractivity contribution in [1.82, 2.24) is 9.97 Å². The number of rotatable bonds is 3. The molecule has 2 nitrogen and oxygen atoms in total. The first-order valence-electron chi connectivity index (χ1n) is 5.34. The zero-order valence-electron chi connectivity index (χ0n) is 9.22. The second-order valence-electron chi connectivity index (χ2n) is 3.42. The molecule has 1 aromatic heterocycles. The Hall–Kier alpha value is -1.96. The van der Waals surface area contributed by atoms with Gasteiger partial charge in [0.05, 0.1) is 11.9 Å². The normalized spacial score (nSPS) is 10.8. The standard InChI is InChI=1S/C14H13N2/c1-2-12-5-3-4-6-13(12)7-8-14-11-15-9-10-16-14/h3-4,6-11H,2H2,1H3. The summed E-state index contributed by atoms with van der Waals surface area (Å²) >= 11 is 0. The van der Waals surface area contributed by atoms with Gasteiger partial charge in [-0.25, -0.2) is 0 Å². The molecule has 16 heavy (non-hydrogen) atoms. The second kappa shape index (κ2) is 5.21. The molecule has 0 spiro atoms. The van der Waals surface area contributed by atoms with Crippen LogP contribution in [0.1, 0.15) is 23.7 Å². The number of hydrogen-bond acceptors (Lipinski definition) is 2. The van der Waals surface area contributed by atoms with Crippen LogP contribution in [0.2, 0.25) is 0 Å². The summed E-state index contributed by atoms with van der Waals surface area (Å²) in [5.41, 5.74) is 3.28. The van der Waals surface area contributed by atoms with Crippen LogP contribution in [0.15, 0.2) is 36.8 Å². The van der Waals surface area contributed by atoms with E-state index in [9.17, 15) is 0 Å². The van der Waals surface area contributed by atoms with Crippen LogP contribution in [0.25, 0.3) is 12.2 Å². The number of aromatic nitrogens is 2. The predicted molar refractivity (Wildman–Crippen MR) is 65.6 cm³/mol. The Labute approximate surface area is 95.7 Å². The van der Waals surface area contributed by atoms with Crippen LogP contribution in [0.4, 0.5) is 0 Å². The summed E-state index contributed by atoms with van der Waals surface area (Å²) in [6, 6.07) is 9.26. The molecule has 0 atom stereocenters. The summed E-state index contributed by atoms with van der Waals surface area (Å²) in [6.07, 6.45) is 10.1. The summed E-state index contributed by atoms with van der Waals surface area (Å²) in [4.78, 5) is 8.21. The minimum Gasteiger partial charge on any atom is -0.261 e. The van der Waals surface area contributed by atoms with Crippen LogP contribution >= 0.6 is 0 Å². The molecule has 0 fully saturated rings. The van der Waals surface area contributed by atoms with Crippen molar-refractivity contribution in [1.29, 1.82) is 0 Å². The number of hydrogen-bond donors (Lipinski definition) is 0.